The van der Waals surface area contributed by atoms with Crippen molar-refractivity contribution in [2.75, 3.05) is 10.0 Å². The van der Waals surface area contributed by atoms with Crippen LogP contribution in [-0.2, 0) is 10.0 Å². The molecule has 2 aromatic carbocycles. The number of aryl methyl sites for hydroxylation is 2. The molecule has 0 aliphatic heterocycles. The third kappa shape index (κ3) is 4.51. The second-order valence-electron chi connectivity index (χ2n) is 6.13. The molecule has 138 valence electrons. The topological polar surface area (TPSA) is 88.2 Å². The molecule has 3 aromatic rings. The third-order valence-corrected chi connectivity index (χ3v) is 5.46. The molecule has 27 heavy (non-hydrogen) atoms. The van der Waals surface area contributed by atoms with Gasteiger partial charge in [0.25, 0.3) is 15.9 Å². The molecular formula is C20H19N3O3S. The maximum Gasteiger partial charge on any atom is 0.261 e. The van der Waals surface area contributed by atoms with Gasteiger partial charge in [-0.05, 0) is 67.4 Å². The SMILES string of the molecule is Cc1ccc(S(=O)(=O)Nc2cccc(NC(=O)c3cccnc3)c2)cc1C. The summed E-state index contributed by atoms with van der Waals surface area (Å²) in [5.74, 6) is -0.322. The van der Waals surface area contributed by atoms with Crippen LogP contribution in [0.5, 0.6) is 0 Å². The lowest BCUT2D eigenvalue weighted by Gasteiger charge is -2.11. The van der Waals surface area contributed by atoms with Crippen LogP contribution in [0, 0.1) is 13.8 Å². The fraction of sp³-hybridized carbons (Fsp3) is 0.100. The molecule has 1 heterocycles. The van der Waals surface area contributed by atoms with Gasteiger partial charge in [0, 0.05) is 18.1 Å². The number of carbonyl (C=O) groups excluding carboxylic acids is 1. The smallest absolute Gasteiger partial charge is 0.261 e. The summed E-state index contributed by atoms with van der Waals surface area (Å²) in [4.78, 5) is 16.3. The van der Waals surface area contributed by atoms with Crippen LogP contribution in [0.2, 0.25) is 0 Å². The minimum atomic E-state index is -3.72. The summed E-state index contributed by atoms with van der Waals surface area (Å²) in [5.41, 5.74) is 3.17. The highest BCUT2D eigenvalue weighted by Crippen LogP contribution is 2.21. The van der Waals surface area contributed by atoms with Gasteiger partial charge in [0.05, 0.1) is 16.1 Å². The van der Waals surface area contributed by atoms with Crippen molar-refractivity contribution in [3.63, 3.8) is 0 Å². The van der Waals surface area contributed by atoms with Gasteiger partial charge in [-0.3, -0.25) is 14.5 Å². The number of benzene rings is 2. The van der Waals surface area contributed by atoms with E-state index in [1.54, 1.807) is 60.8 Å². The zero-order valence-corrected chi connectivity index (χ0v) is 15.7. The standard InChI is InChI=1S/C20H19N3O3S/c1-14-8-9-19(11-15(14)2)27(25,26)23-18-7-3-6-17(12-18)22-20(24)16-5-4-10-21-13-16/h3-13,23H,1-2H3,(H,22,24). The summed E-state index contributed by atoms with van der Waals surface area (Å²) in [6, 6.07) is 14.8. The molecule has 6 nitrogen and oxygen atoms in total. The first kappa shape index (κ1) is 18.6. The van der Waals surface area contributed by atoms with E-state index in [1.165, 1.54) is 6.20 Å². The average molecular weight is 381 g/mol. The first-order valence-corrected chi connectivity index (χ1v) is 9.75. The number of nitrogens with zero attached hydrogens (tertiary/aromatic N) is 1. The van der Waals surface area contributed by atoms with Crippen molar-refractivity contribution >= 4 is 27.3 Å². The van der Waals surface area contributed by atoms with E-state index in [1.807, 2.05) is 13.8 Å². The predicted octanol–water partition coefficient (Wildman–Crippen LogP) is 3.75. The first-order valence-electron chi connectivity index (χ1n) is 8.27. The van der Waals surface area contributed by atoms with E-state index in [2.05, 4.69) is 15.0 Å². The molecule has 0 unspecified atom stereocenters. The van der Waals surface area contributed by atoms with Crippen LogP contribution in [0.4, 0.5) is 11.4 Å². The van der Waals surface area contributed by atoms with Crippen molar-refractivity contribution in [1.29, 1.82) is 0 Å². The zero-order chi connectivity index (χ0) is 19.4. The Morgan fingerprint density at radius 1 is 0.926 bits per heavy atom. The number of rotatable bonds is 5. The lowest BCUT2D eigenvalue weighted by atomic mass is 10.1. The zero-order valence-electron chi connectivity index (χ0n) is 14.9. The fourth-order valence-corrected chi connectivity index (χ4v) is 3.59. The average Bonchev–Trinajstić information content (AvgIpc) is 2.64. The molecule has 0 saturated heterocycles. The van der Waals surface area contributed by atoms with Crippen LogP contribution in [-0.4, -0.2) is 19.3 Å². The van der Waals surface area contributed by atoms with Crippen LogP contribution in [0.3, 0.4) is 0 Å². The summed E-state index contributed by atoms with van der Waals surface area (Å²) in [7, 11) is -3.72. The molecule has 3 rings (SSSR count). The normalized spacial score (nSPS) is 11.0. The van der Waals surface area contributed by atoms with Crippen molar-refractivity contribution in [2.24, 2.45) is 0 Å². The molecule has 2 N–H and O–H groups in total. The van der Waals surface area contributed by atoms with Crippen LogP contribution >= 0.6 is 0 Å². The van der Waals surface area contributed by atoms with Gasteiger partial charge < -0.3 is 5.32 Å². The molecule has 1 amide bonds. The Balaban J connectivity index is 1.79. The van der Waals surface area contributed by atoms with E-state index in [4.69, 9.17) is 0 Å². The Hall–Kier alpha value is -3.19. The van der Waals surface area contributed by atoms with Gasteiger partial charge in [-0.15, -0.1) is 0 Å². The maximum absolute atomic E-state index is 12.6. The largest absolute Gasteiger partial charge is 0.322 e. The van der Waals surface area contributed by atoms with Gasteiger partial charge in [-0.1, -0.05) is 12.1 Å². The Kier molecular flexibility index (Phi) is 5.23. The van der Waals surface area contributed by atoms with Gasteiger partial charge in [-0.25, -0.2) is 8.42 Å². The second-order valence-corrected chi connectivity index (χ2v) is 7.81. The van der Waals surface area contributed by atoms with E-state index in [9.17, 15) is 13.2 Å². The minimum Gasteiger partial charge on any atom is -0.322 e. The van der Waals surface area contributed by atoms with Crippen LogP contribution < -0.4 is 10.0 Å². The third-order valence-electron chi connectivity index (χ3n) is 4.09. The number of carbonyl (C=O) groups is 1. The van der Waals surface area contributed by atoms with Crippen molar-refractivity contribution in [3.8, 4) is 0 Å². The monoisotopic (exact) mass is 381 g/mol. The molecule has 0 atom stereocenters. The van der Waals surface area contributed by atoms with E-state index < -0.39 is 10.0 Å². The van der Waals surface area contributed by atoms with Crippen LogP contribution in [0.15, 0.2) is 71.9 Å². The Bertz CT molecular complexity index is 1080. The molecule has 0 saturated carbocycles. The quantitative estimate of drug-likeness (QED) is 0.704. The van der Waals surface area contributed by atoms with E-state index in [0.717, 1.165) is 11.1 Å². The van der Waals surface area contributed by atoms with Crippen molar-refractivity contribution in [2.45, 2.75) is 18.7 Å². The Morgan fingerprint density at radius 2 is 1.70 bits per heavy atom. The van der Waals surface area contributed by atoms with Gasteiger partial charge in [0.2, 0.25) is 0 Å². The summed E-state index contributed by atoms with van der Waals surface area (Å²) in [6.45, 7) is 3.79. The molecule has 0 aliphatic rings. The van der Waals surface area contributed by atoms with Crippen molar-refractivity contribution < 1.29 is 13.2 Å². The van der Waals surface area contributed by atoms with Crippen molar-refractivity contribution in [3.05, 3.63) is 83.7 Å². The number of hydrogen-bond donors (Lipinski definition) is 2. The van der Waals surface area contributed by atoms with Crippen molar-refractivity contribution in [1.82, 2.24) is 4.98 Å². The maximum atomic E-state index is 12.6. The molecule has 0 radical (unpaired) electrons. The van der Waals surface area contributed by atoms with E-state index in [0.29, 0.717) is 16.9 Å². The summed E-state index contributed by atoms with van der Waals surface area (Å²) in [6.07, 6.45) is 3.04. The molecule has 0 fully saturated rings. The van der Waals surface area contributed by atoms with E-state index in [-0.39, 0.29) is 10.8 Å². The molecular weight excluding hydrogens is 362 g/mol. The number of sulfonamides is 1. The lowest BCUT2D eigenvalue weighted by molar-refractivity contribution is 0.102. The van der Waals surface area contributed by atoms with Gasteiger partial charge >= 0.3 is 0 Å². The summed E-state index contributed by atoms with van der Waals surface area (Å²) in [5, 5.41) is 2.73. The lowest BCUT2D eigenvalue weighted by Crippen LogP contribution is -2.14. The number of aromatic nitrogens is 1. The molecule has 7 heteroatoms. The van der Waals surface area contributed by atoms with Gasteiger partial charge in [0.15, 0.2) is 0 Å². The number of amides is 1. The fourth-order valence-electron chi connectivity index (χ4n) is 2.46. The van der Waals surface area contributed by atoms with E-state index >= 15 is 0 Å². The Morgan fingerprint density at radius 3 is 2.41 bits per heavy atom. The van der Waals surface area contributed by atoms with Crippen LogP contribution in [0.1, 0.15) is 21.5 Å². The Labute approximate surface area is 158 Å². The number of hydrogen-bond acceptors (Lipinski definition) is 4. The molecule has 1 aromatic heterocycles. The number of anilines is 2. The van der Waals surface area contributed by atoms with Gasteiger partial charge in [0.1, 0.15) is 0 Å². The first-order chi connectivity index (χ1) is 12.8. The highest BCUT2D eigenvalue weighted by Gasteiger charge is 2.15. The molecule has 0 aliphatic carbocycles. The number of nitrogens with one attached hydrogen (secondary N) is 2. The predicted molar refractivity (Wildman–Crippen MR) is 105 cm³/mol. The second kappa shape index (κ2) is 7.59. The summed E-state index contributed by atoms with van der Waals surface area (Å²) >= 11 is 0. The van der Waals surface area contributed by atoms with Gasteiger partial charge in [-0.2, -0.15) is 0 Å². The highest BCUT2D eigenvalue weighted by atomic mass is 32.2. The summed E-state index contributed by atoms with van der Waals surface area (Å²) < 4.78 is 27.8. The number of pyridine rings is 1. The highest BCUT2D eigenvalue weighted by molar-refractivity contribution is 7.92. The van der Waals surface area contributed by atoms with Crippen LogP contribution in [0.25, 0.3) is 0 Å². The molecule has 0 spiro atoms. The minimum absolute atomic E-state index is 0.190. The molecule has 0 bridgehead atoms.